The molecule has 4 heterocycles. The van der Waals surface area contributed by atoms with E-state index in [1.807, 2.05) is 6.92 Å². The number of hydrogen-bond donors (Lipinski definition) is 1. The second-order valence-corrected chi connectivity index (χ2v) is 8.28. The van der Waals surface area contributed by atoms with Crippen LogP contribution in [-0.2, 0) is 19.1 Å². The second kappa shape index (κ2) is 13.4. The largest absolute Gasteiger partial charge is 0.464 e. The molecule has 0 aromatic carbocycles. The van der Waals surface area contributed by atoms with Crippen molar-refractivity contribution in [1.29, 1.82) is 0 Å². The van der Waals surface area contributed by atoms with Crippen LogP contribution in [0.3, 0.4) is 0 Å². The van der Waals surface area contributed by atoms with Gasteiger partial charge in [0.05, 0.1) is 12.1 Å². The third-order valence-electron chi connectivity index (χ3n) is 5.03. The van der Waals surface area contributed by atoms with Crippen molar-refractivity contribution >= 4 is 23.6 Å². The van der Waals surface area contributed by atoms with Gasteiger partial charge in [-0.05, 0) is 68.9 Å². The molecule has 2 atom stereocenters. The number of rotatable bonds is 9. The summed E-state index contributed by atoms with van der Waals surface area (Å²) in [7, 11) is 0. The Morgan fingerprint density at radius 1 is 0.875 bits per heavy atom. The Hall–Kier alpha value is -5.42. The molecule has 0 unspecified atom stereocenters. The summed E-state index contributed by atoms with van der Waals surface area (Å²) in [5.41, 5.74) is 6.47. The number of nitrogen functional groups attached to an aromatic ring is 1. The van der Waals surface area contributed by atoms with E-state index in [1.54, 1.807) is 35.9 Å². The highest BCUT2D eigenvalue weighted by molar-refractivity contribution is 5.66. The zero-order valence-corrected chi connectivity index (χ0v) is 22.0. The van der Waals surface area contributed by atoms with Crippen molar-refractivity contribution in [1.82, 2.24) is 50.4 Å². The van der Waals surface area contributed by atoms with Crippen LogP contribution >= 0.6 is 0 Å². The molecule has 0 spiro atoms. The quantitative estimate of drug-likeness (QED) is 0.174. The highest BCUT2D eigenvalue weighted by atomic mass is 16.6. The number of pyridine rings is 2. The Morgan fingerprint density at radius 3 is 1.80 bits per heavy atom. The molecule has 0 radical (unpaired) electrons. The summed E-state index contributed by atoms with van der Waals surface area (Å²) in [5, 5.41) is 33.3. The Balaban J connectivity index is 0.000000222. The van der Waals surface area contributed by atoms with Crippen LogP contribution in [0.25, 0.3) is 23.0 Å². The van der Waals surface area contributed by atoms with Gasteiger partial charge in [0, 0.05) is 19.9 Å². The minimum absolute atomic E-state index is 0.0856. The number of tetrazole rings is 2. The van der Waals surface area contributed by atoms with Crippen LogP contribution in [0.1, 0.15) is 39.8 Å². The fourth-order valence-electron chi connectivity index (χ4n) is 3.16. The van der Waals surface area contributed by atoms with Crippen molar-refractivity contribution in [3.63, 3.8) is 0 Å². The highest BCUT2D eigenvalue weighted by Crippen LogP contribution is 2.20. The first-order valence-corrected chi connectivity index (χ1v) is 11.7. The van der Waals surface area contributed by atoms with E-state index >= 15 is 0 Å². The predicted octanol–water partition coefficient (Wildman–Crippen LogP) is 1.21. The Kier molecular flexibility index (Phi) is 9.76. The first kappa shape index (κ1) is 29.1. The summed E-state index contributed by atoms with van der Waals surface area (Å²) in [5.74, 6) is 0.0770. The van der Waals surface area contributed by atoms with Crippen LogP contribution in [0.5, 0.6) is 0 Å². The zero-order chi connectivity index (χ0) is 29.2. The monoisotopic (exact) mass is 554 g/mol. The fraction of sp³-hybridized carbons (Fsp3) is 0.364. The van der Waals surface area contributed by atoms with Crippen molar-refractivity contribution < 1.29 is 24.0 Å². The third kappa shape index (κ3) is 7.79. The molecule has 40 heavy (non-hydrogen) atoms. The third-order valence-corrected chi connectivity index (χ3v) is 5.03. The van der Waals surface area contributed by atoms with Crippen LogP contribution in [0, 0.1) is 10.1 Å². The maximum absolute atomic E-state index is 10.8. The van der Waals surface area contributed by atoms with Crippen molar-refractivity contribution in [3.8, 4) is 23.0 Å². The Morgan fingerprint density at radius 2 is 1.35 bits per heavy atom. The van der Waals surface area contributed by atoms with Gasteiger partial charge >= 0.3 is 17.8 Å². The molecule has 0 saturated heterocycles. The zero-order valence-electron chi connectivity index (χ0n) is 22.0. The SMILES string of the molecule is CC(=O)OC[C@@H](C)n1nnnc1-c1cccc(N)n1.CC(=O)OC[C@@H](C)n1nnnc1-c1cccc([N+](=O)[O-])n1. The lowest BCUT2D eigenvalue weighted by Gasteiger charge is -2.12. The van der Waals surface area contributed by atoms with E-state index in [0.29, 0.717) is 17.3 Å². The summed E-state index contributed by atoms with van der Waals surface area (Å²) >= 11 is 0. The van der Waals surface area contributed by atoms with Gasteiger partial charge in [-0.1, -0.05) is 6.07 Å². The topological polar surface area (TPSA) is 235 Å². The molecule has 0 aliphatic rings. The minimum Gasteiger partial charge on any atom is -0.464 e. The minimum atomic E-state index is -0.597. The summed E-state index contributed by atoms with van der Waals surface area (Å²) < 4.78 is 12.8. The number of ether oxygens (including phenoxy) is 2. The van der Waals surface area contributed by atoms with Crippen LogP contribution in [0.15, 0.2) is 36.4 Å². The number of nitro groups is 1. The number of carbonyl (C=O) groups is 2. The van der Waals surface area contributed by atoms with Crippen LogP contribution in [0.2, 0.25) is 0 Å². The number of nitrogens with two attached hydrogens (primary N) is 1. The van der Waals surface area contributed by atoms with Gasteiger partial charge in [0.15, 0.2) is 0 Å². The van der Waals surface area contributed by atoms with E-state index in [9.17, 15) is 19.7 Å². The van der Waals surface area contributed by atoms with E-state index in [2.05, 4.69) is 41.0 Å². The molecule has 4 aromatic rings. The van der Waals surface area contributed by atoms with E-state index in [1.165, 1.54) is 30.7 Å². The molecule has 0 saturated carbocycles. The van der Waals surface area contributed by atoms with Gasteiger partial charge in [0.2, 0.25) is 17.3 Å². The lowest BCUT2D eigenvalue weighted by atomic mass is 10.3. The number of hydrogen-bond acceptors (Lipinski definition) is 15. The number of nitrogens with zero attached hydrogens (tertiary/aromatic N) is 11. The molecular weight excluding hydrogens is 528 g/mol. The van der Waals surface area contributed by atoms with Crippen molar-refractivity contribution in [3.05, 3.63) is 46.5 Å². The molecule has 4 rings (SSSR count). The van der Waals surface area contributed by atoms with E-state index in [-0.39, 0.29) is 48.6 Å². The molecule has 18 heteroatoms. The molecule has 0 aliphatic carbocycles. The molecule has 4 aromatic heterocycles. The predicted molar refractivity (Wildman–Crippen MR) is 136 cm³/mol. The second-order valence-electron chi connectivity index (χ2n) is 8.28. The van der Waals surface area contributed by atoms with Crippen LogP contribution in [-0.4, -0.2) is 80.5 Å². The lowest BCUT2D eigenvalue weighted by Crippen LogP contribution is -2.17. The van der Waals surface area contributed by atoms with Gasteiger partial charge in [0.25, 0.3) is 0 Å². The Bertz CT molecular complexity index is 1470. The van der Waals surface area contributed by atoms with Crippen LogP contribution < -0.4 is 5.73 Å². The average molecular weight is 555 g/mol. The smallest absolute Gasteiger partial charge is 0.364 e. The maximum Gasteiger partial charge on any atom is 0.364 e. The van der Waals surface area contributed by atoms with Gasteiger partial charge in [0.1, 0.15) is 24.7 Å². The number of aromatic nitrogens is 10. The summed E-state index contributed by atoms with van der Waals surface area (Å²) in [6.07, 6.45) is 0. The first-order chi connectivity index (χ1) is 19.1. The molecule has 210 valence electrons. The molecule has 0 fully saturated rings. The maximum atomic E-state index is 10.8. The normalized spacial score (nSPS) is 12.0. The van der Waals surface area contributed by atoms with Gasteiger partial charge < -0.3 is 25.3 Å². The van der Waals surface area contributed by atoms with Crippen LogP contribution in [0.4, 0.5) is 11.6 Å². The number of carbonyl (C=O) groups excluding carboxylic acids is 2. The Labute approximate surface area is 226 Å². The van der Waals surface area contributed by atoms with Crippen molar-refractivity contribution in [2.45, 2.75) is 39.8 Å². The van der Waals surface area contributed by atoms with Gasteiger partial charge in [-0.3, -0.25) is 9.59 Å². The molecule has 0 bridgehead atoms. The molecule has 18 nitrogen and oxygen atoms in total. The number of anilines is 1. The molecule has 2 N–H and O–H groups in total. The summed E-state index contributed by atoms with van der Waals surface area (Å²) in [4.78, 5) is 39.8. The summed E-state index contributed by atoms with van der Waals surface area (Å²) in [6.45, 7) is 6.52. The molecule has 0 amide bonds. The number of esters is 2. The van der Waals surface area contributed by atoms with Crippen molar-refractivity contribution in [2.75, 3.05) is 18.9 Å². The molecule has 0 aliphatic heterocycles. The van der Waals surface area contributed by atoms with E-state index < -0.39 is 10.9 Å². The standard InChI is InChI=1S/C11H12N6O4.C11H14N6O2/c1-7(6-21-8(2)18)16-11(13-14-15-16)9-4-3-5-10(12-9)17(19)20;1-7(6-19-8(2)18)17-11(14-15-16-17)9-4-3-5-10(12)13-9/h3-5,7H,6H2,1-2H3;3-5,7H,6H2,1-2H3,(H2,12,13)/t2*7-/m11/s1. The van der Waals surface area contributed by atoms with Gasteiger partial charge in [-0.25, -0.2) is 14.3 Å². The van der Waals surface area contributed by atoms with Gasteiger partial charge in [-0.2, -0.15) is 0 Å². The van der Waals surface area contributed by atoms with E-state index in [4.69, 9.17) is 15.2 Å². The fourth-order valence-corrected chi connectivity index (χ4v) is 3.16. The summed E-state index contributed by atoms with van der Waals surface area (Å²) in [6, 6.07) is 9.02. The molecular formula is C22H26N12O6. The highest BCUT2D eigenvalue weighted by Gasteiger charge is 2.21. The van der Waals surface area contributed by atoms with E-state index in [0.717, 1.165) is 0 Å². The first-order valence-electron chi connectivity index (χ1n) is 11.7. The lowest BCUT2D eigenvalue weighted by molar-refractivity contribution is -0.389. The van der Waals surface area contributed by atoms with Gasteiger partial charge in [-0.15, -0.1) is 10.2 Å². The van der Waals surface area contributed by atoms with Crippen molar-refractivity contribution in [2.24, 2.45) is 0 Å². The average Bonchev–Trinajstić information content (AvgIpc) is 3.61.